The molecule has 2 N–H and O–H groups in total. The molecule has 0 saturated heterocycles. The average Bonchev–Trinajstić information content (AvgIpc) is 2.35. The van der Waals surface area contributed by atoms with Gasteiger partial charge in [-0.05, 0) is 27.2 Å². The molecule has 0 aliphatic carbocycles. The fourth-order valence-corrected chi connectivity index (χ4v) is 1.39. The van der Waals surface area contributed by atoms with Crippen LogP contribution >= 0.6 is 0 Å². The number of aliphatic carboxylic acids is 2. The van der Waals surface area contributed by atoms with Crippen LogP contribution in [0.4, 0.5) is 0 Å². The Morgan fingerprint density at radius 2 is 1.62 bits per heavy atom. The fraction of sp³-hybridized carbons (Fsp3) is 0.857. The van der Waals surface area contributed by atoms with Gasteiger partial charge in [0.25, 0.3) is 0 Å². The highest BCUT2D eigenvalue weighted by Gasteiger charge is 2.19. The zero-order chi connectivity index (χ0) is 16.3. The van der Waals surface area contributed by atoms with Crippen molar-refractivity contribution in [1.82, 2.24) is 0 Å². The maximum Gasteiger partial charge on any atom is 0.305 e. The molecule has 0 amide bonds. The lowest BCUT2D eigenvalue weighted by Crippen LogP contribution is -2.31. The van der Waals surface area contributed by atoms with Gasteiger partial charge in [-0.1, -0.05) is 0 Å². The van der Waals surface area contributed by atoms with Gasteiger partial charge in [-0.15, -0.1) is 0 Å². The molecule has 0 rings (SSSR count). The molecule has 0 aromatic carbocycles. The van der Waals surface area contributed by atoms with Gasteiger partial charge in [0.05, 0.1) is 44.4 Å². The van der Waals surface area contributed by atoms with Crippen LogP contribution in [0.15, 0.2) is 0 Å². The second kappa shape index (κ2) is 10.5. The van der Waals surface area contributed by atoms with Crippen molar-refractivity contribution in [2.75, 3.05) is 26.4 Å². The summed E-state index contributed by atoms with van der Waals surface area (Å²) in [5.41, 5.74) is -0.409. The van der Waals surface area contributed by atoms with Crippen molar-refractivity contribution in [3.8, 4) is 0 Å². The van der Waals surface area contributed by atoms with E-state index in [4.69, 9.17) is 24.4 Å². The smallest absolute Gasteiger partial charge is 0.305 e. The first-order valence-electron chi connectivity index (χ1n) is 7.00. The summed E-state index contributed by atoms with van der Waals surface area (Å²) in [7, 11) is 0. The molecule has 0 heterocycles. The molecule has 7 nitrogen and oxygen atoms in total. The second-order valence-corrected chi connectivity index (χ2v) is 5.40. The maximum absolute atomic E-state index is 10.3. The average molecular weight is 306 g/mol. The Morgan fingerprint density at radius 3 is 2.19 bits per heavy atom. The van der Waals surface area contributed by atoms with E-state index in [-0.39, 0.29) is 32.2 Å². The maximum atomic E-state index is 10.3. The van der Waals surface area contributed by atoms with E-state index in [1.54, 1.807) is 0 Å². The number of carboxylic acid groups (broad SMARTS) is 2. The van der Waals surface area contributed by atoms with E-state index >= 15 is 0 Å². The summed E-state index contributed by atoms with van der Waals surface area (Å²) in [4.78, 5) is 20.7. The summed E-state index contributed by atoms with van der Waals surface area (Å²) in [6.45, 7) is 6.80. The first-order chi connectivity index (χ1) is 9.73. The van der Waals surface area contributed by atoms with Gasteiger partial charge in [-0.2, -0.15) is 0 Å². The van der Waals surface area contributed by atoms with Crippen LogP contribution in [0.1, 0.15) is 40.0 Å². The van der Waals surface area contributed by atoms with E-state index in [9.17, 15) is 9.59 Å². The van der Waals surface area contributed by atoms with Crippen molar-refractivity contribution < 1.29 is 34.0 Å². The topological polar surface area (TPSA) is 102 Å². The molecule has 1 unspecified atom stereocenters. The Morgan fingerprint density at radius 1 is 1.05 bits per heavy atom. The number of carbonyl (C=O) groups is 2. The summed E-state index contributed by atoms with van der Waals surface area (Å²) >= 11 is 0. The van der Waals surface area contributed by atoms with Gasteiger partial charge in [-0.25, -0.2) is 0 Å². The van der Waals surface area contributed by atoms with Crippen LogP contribution < -0.4 is 0 Å². The standard InChI is InChI=1S/C14H26O7/c1-11(20-8-5-13(17)18)10-21-14(2,3)6-9-19-7-4-12(15)16/h11H,4-10H2,1-3H3,(H,15,16)(H,17,18). The number of rotatable bonds is 13. The van der Waals surface area contributed by atoms with Crippen molar-refractivity contribution in [3.63, 3.8) is 0 Å². The zero-order valence-electron chi connectivity index (χ0n) is 13.0. The largest absolute Gasteiger partial charge is 0.481 e. The van der Waals surface area contributed by atoms with Gasteiger partial charge in [0, 0.05) is 6.61 Å². The number of hydrogen-bond acceptors (Lipinski definition) is 5. The molecule has 0 spiro atoms. The fourth-order valence-electron chi connectivity index (χ4n) is 1.39. The highest BCUT2D eigenvalue weighted by atomic mass is 16.5. The minimum Gasteiger partial charge on any atom is -0.481 e. The van der Waals surface area contributed by atoms with Crippen LogP contribution in [0.5, 0.6) is 0 Å². The molecule has 0 fully saturated rings. The molecule has 1 atom stereocenters. The molecule has 0 aromatic rings. The molecular weight excluding hydrogens is 280 g/mol. The number of carboxylic acids is 2. The van der Waals surface area contributed by atoms with Crippen LogP contribution in [0, 0.1) is 0 Å². The summed E-state index contributed by atoms with van der Waals surface area (Å²) < 4.78 is 16.2. The van der Waals surface area contributed by atoms with Gasteiger partial charge in [0.2, 0.25) is 0 Å². The third kappa shape index (κ3) is 13.6. The molecule has 124 valence electrons. The first kappa shape index (κ1) is 19.8. The SMILES string of the molecule is CC(COC(C)(C)CCOCCC(=O)O)OCCC(=O)O. The van der Waals surface area contributed by atoms with Crippen molar-refractivity contribution in [1.29, 1.82) is 0 Å². The molecule has 0 aliphatic rings. The Kier molecular flexibility index (Phi) is 9.94. The van der Waals surface area contributed by atoms with Crippen LogP contribution in [0.2, 0.25) is 0 Å². The lowest BCUT2D eigenvalue weighted by molar-refractivity contribution is -0.140. The summed E-state index contributed by atoms with van der Waals surface area (Å²) in [6.07, 6.45) is 0.423. The highest BCUT2D eigenvalue weighted by Crippen LogP contribution is 2.15. The molecule has 0 saturated carbocycles. The van der Waals surface area contributed by atoms with E-state index < -0.39 is 17.5 Å². The lowest BCUT2D eigenvalue weighted by Gasteiger charge is -2.27. The van der Waals surface area contributed by atoms with Gasteiger partial charge >= 0.3 is 11.9 Å². The summed E-state index contributed by atoms with van der Waals surface area (Å²) in [5.74, 6) is -1.76. The van der Waals surface area contributed by atoms with Gasteiger partial charge in [0.1, 0.15) is 0 Å². The predicted molar refractivity (Wildman–Crippen MR) is 75.4 cm³/mol. The molecule has 0 radical (unpaired) electrons. The Hall–Kier alpha value is -1.18. The number of ether oxygens (including phenoxy) is 3. The first-order valence-corrected chi connectivity index (χ1v) is 7.00. The van der Waals surface area contributed by atoms with Crippen LogP contribution in [-0.4, -0.2) is 60.3 Å². The molecule has 7 heteroatoms. The second-order valence-electron chi connectivity index (χ2n) is 5.40. The van der Waals surface area contributed by atoms with Gasteiger partial charge in [-0.3, -0.25) is 9.59 Å². The highest BCUT2D eigenvalue weighted by molar-refractivity contribution is 5.67. The van der Waals surface area contributed by atoms with E-state index in [1.807, 2.05) is 20.8 Å². The predicted octanol–water partition coefficient (Wildman–Crippen LogP) is 1.54. The van der Waals surface area contributed by atoms with Crippen molar-refractivity contribution in [2.45, 2.75) is 51.7 Å². The third-order valence-corrected chi connectivity index (χ3v) is 2.74. The minimum absolute atomic E-state index is 0.00423. The zero-order valence-corrected chi connectivity index (χ0v) is 13.0. The number of hydrogen-bond donors (Lipinski definition) is 2. The van der Waals surface area contributed by atoms with Crippen LogP contribution in [0.3, 0.4) is 0 Å². The van der Waals surface area contributed by atoms with Gasteiger partial charge < -0.3 is 24.4 Å². The molecule has 0 aliphatic heterocycles. The van der Waals surface area contributed by atoms with Gasteiger partial charge in [0.15, 0.2) is 0 Å². The van der Waals surface area contributed by atoms with E-state index in [0.29, 0.717) is 19.6 Å². The molecular formula is C14H26O7. The van der Waals surface area contributed by atoms with E-state index in [2.05, 4.69) is 0 Å². The minimum atomic E-state index is -0.887. The normalized spacial score (nSPS) is 13.1. The third-order valence-electron chi connectivity index (χ3n) is 2.74. The summed E-state index contributed by atoms with van der Waals surface area (Å²) in [6, 6.07) is 0. The van der Waals surface area contributed by atoms with E-state index in [1.165, 1.54) is 0 Å². The molecule has 0 aromatic heterocycles. The van der Waals surface area contributed by atoms with Crippen molar-refractivity contribution in [2.24, 2.45) is 0 Å². The summed E-state index contributed by atoms with van der Waals surface area (Å²) in [5, 5.41) is 17.0. The molecule has 0 bridgehead atoms. The lowest BCUT2D eigenvalue weighted by atomic mass is 10.1. The van der Waals surface area contributed by atoms with E-state index in [0.717, 1.165) is 0 Å². The van der Waals surface area contributed by atoms with Crippen LogP contribution in [0.25, 0.3) is 0 Å². The van der Waals surface area contributed by atoms with Crippen LogP contribution in [-0.2, 0) is 23.8 Å². The Labute approximate surface area is 125 Å². The molecule has 21 heavy (non-hydrogen) atoms. The Bertz CT molecular complexity index is 314. The monoisotopic (exact) mass is 306 g/mol. The Balaban J connectivity index is 3.70. The van der Waals surface area contributed by atoms with Crippen molar-refractivity contribution >= 4 is 11.9 Å². The quantitative estimate of drug-likeness (QED) is 0.497. The van der Waals surface area contributed by atoms with Crippen molar-refractivity contribution in [3.05, 3.63) is 0 Å².